The van der Waals surface area contributed by atoms with Crippen LogP contribution in [0.4, 0.5) is 5.69 Å². The second-order valence-corrected chi connectivity index (χ2v) is 8.79. The fraction of sp³-hybridized carbons (Fsp3) is 0.286. The third-order valence-electron chi connectivity index (χ3n) is 4.72. The molecule has 5 nitrogen and oxygen atoms in total. The number of anilines is 1. The second kappa shape index (κ2) is 8.50. The summed E-state index contributed by atoms with van der Waals surface area (Å²) in [5.41, 5.74) is 1.54. The molecule has 0 heterocycles. The Hall–Kier alpha value is -2.44. The minimum Gasteiger partial charge on any atom is -0.326 e. The Labute approximate surface area is 160 Å². The van der Waals surface area contributed by atoms with Crippen molar-refractivity contribution in [3.05, 3.63) is 72.3 Å². The molecule has 0 bridgehead atoms. The summed E-state index contributed by atoms with van der Waals surface area (Å²) in [7, 11) is -2.03. The van der Waals surface area contributed by atoms with Crippen molar-refractivity contribution in [2.75, 3.05) is 12.4 Å². The number of rotatable bonds is 6. The van der Waals surface area contributed by atoms with E-state index in [0.717, 1.165) is 24.8 Å². The van der Waals surface area contributed by atoms with Crippen LogP contribution in [0.1, 0.15) is 24.8 Å². The van der Waals surface area contributed by atoms with E-state index in [1.54, 1.807) is 19.2 Å². The van der Waals surface area contributed by atoms with E-state index in [4.69, 9.17) is 0 Å². The maximum atomic E-state index is 12.7. The van der Waals surface area contributed by atoms with Gasteiger partial charge < -0.3 is 5.32 Å². The van der Waals surface area contributed by atoms with Crippen molar-refractivity contribution in [2.45, 2.75) is 30.7 Å². The van der Waals surface area contributed by atoms with E-state index in [-0.39, 0.29) is 16.7 Å². The third-order valence-corrected chi connectivity index (χ3v) is 6.54. The highest BCUT2D eigenvalue weighted by molar-refractivity contribution is 7.89. The monoisotopic (exact) mass is 384 g/mol. The van der Waals surface area contributed by atoms with Gasteiger partial charge in [0.15, 0.2) is 0 Å². The van der Waals surface area contributed by atoms with Gasteiger partial charge in [0.2, 0.25) is 15.9 Å². The van der Waals surface area contributed by atoms with Gasteiger partial charge in [-0.05, 0) is 49.1 Å². The lowest BCUT2D eigenvalue weighted by Gasteiger charge is -2.19. The highest BCUT2D eigenvalue weighted by Gasteiger charge is 2.22. The minimum atomic E-state index is -3.59. The van der Waals surface area contributed by atoms with Gasteiger partial charge in [0.05, 0.1) is 4.90 Å². The van der Waals surface area contributed by atoms with Gasteiger partial charge in [-0.3, -0.25) is 4.79 Å². The molecule has 142 valence electrons. The van der Waals surface area contributed by atoms with Crippen LogP contribution in [-0.2, 0) is 21.4 Å². The van der Waals surface area contributed by atoms with Gasteiger partial charge in [0.1, 0.15) is 0 Å². The molecule has 0 spiro atoms. The van der Waals surface area contributed by atoms with Crippen molar-refractivity contribution in [3.63, 3.8) is 0 Å². The first-order chi connectivity index (χ1) is 13.0. The summed E-state index contributed by atoms with van der Waals surface area (Å²) in [6.07, 6.45) is 6.64. The topological polar surface area (TPSA) is 66.5 Å². The van der Waals surface area contributed by atoms with Crippen LogP contribution in [0.15, 0.2) is 71.6 Å². The first-order valence-electron chi connectivity index (χ1n) is 9.03. The van der Waals surface area contributed by atoms with Gasteiger partial charge in [0, 0.05) is 25.2 Å². The number of nitrogens with zero attached hydrogens (tertiary/aromatic N) is 1. The predicted octanol–water partition coefficient (Wildman–Crippen LogP) is 3.80. The maximum absolute atomic E-state index is 12.7. The molecule has 0 aromatic heterocycles. The quantitative estimate of drug-likeness (QED) is 0.771. The lowest BCUT2D eigenvalue weighted by Crippen LogP contribution is -2.26. The molecule has 1 N–H and O–H groups in total. The molecule has 2 aromatic rings. The second-order valence-electron chi connectivity index (χ2n) is 6.74. The molecule has 0 aliphatic heterocycles. The van der Waals surface area contributed by atoms with Crippen LogP contribution in [0.2, 0.25) is 0 Å². The molecular weight excluding hydrogens is 360 g/mol. The average Bonchev–Trinajstić information content (AvgIpc) is 2.70. The summed E-state index contributed by atoms with van der Waals surface area (Å²) in [5, 5.41) is 2.88. The van der Waals surface area contributed by atoms with Crippen LogP contribution in [0.3, 0.4) is 0 Å². The number of nitrogens with one attached hydrogen (secondary N) is 1. The smallest absolute Gasteiger partial charge is 0.243 e. The summed E-state index contributed by atoms with van der Waals surface area (Å²) in [5.74, 6) is -0.0356. The summed E-state index contributed by atoms with van der Waals surface area (Å²) >= 11 is 0. The van der Waals surface area contributed by atoms with Crippen LogP contribution in [0, 0.1) is 5.92 Å². The molecule has 6 heteroatoms. The van der Waals surface area contributed by atoms with Gasteiger partial charge in [-0.15, -0.1) is 0 Å². The van der Waals surface area contributed by atoms with Crippen molar-refractivity contribution in [1.82, 2.24) is 4.31 Å². The zero-order chi connectivity index (χ0) is 19.3. The maximum Gasteiger partial charge on any atom is 0.243 e. The Morgan fingerprint density at radius 2 is 1.78 bits per heavy atom. The van der Waals surface area contributed by atoms with E-state index < -0.39 is 10.0 Å². The molecule has 0 saturated carbocycles. The Kier molecular flexibility index (Phi) is 6.08. The Morgan fingerprint density at radius 3 is 2.41 bits per heavy atom. The number of hydrogen-bond acceptors (Lipinski definition) is 3. The first-order valence-corrected chi connectivity index (χ1v) is 10.5. The number of amides is 1. The lowest BCUT2D eigenvalue weighted by atomic mass is 9.93. The minimum absolute atomic E-state index is 0.0175. The molecule has 0 unspecified atom stereocenters. The molecule has 0 saturated heterocycles. The number of sulfonamides is 1. The van der Waals surface area contributed by atoms with E-state index in [0.29, 0.717) is 12.2 Å². The largest absolute Gasteiger partial charge is 0.326 e. The molecule has 1 atom stereocenters. The Morgan fingerprint density at radius 1 is 1.07 bits per heavy atom. The zero-order valence-electron chi connectivity index (χ0n) is 15.3. The molecule has 0 fully saturated rings. The molecule has 1 aliphatic rings. The SMILES string of the molecule is CN(Cc1ccccc1)S(=O)(=O)c1ccc(NC(=O)[C@@H]2CC=CCC2)cc1. The number of benzene rings is 2. The highest BCUT2D eigenvalue weighted by atomic mass is 32.2. The molecule has 0 radical (unpaired) electrons. The Balaban J connectivity index is 1.66. The molecule has 3 rings (SSSR count). The summed E-state index contributed by atoms with van der Waals surface area (Å²) in [6.45, 7) is 0.302. The van der Waals surface area contributed by atoms with Crippen LogP contribution in [0.25, 0.3) is 0 Å². The number of carbonyl (C=O) groups excluding carboxylic acids is 1. The van der Waals surface area contributed by atoms with Crippen LogP contribution in [-0.4, -0.2) is 25.7 Å². The van der Waals surface area contributed by atoms with Crippen molar-refractivity contribution >= 4 is 21.6 Å². The van der Waals surface area contributed by atoms with Gasteiger partial charge in [-0.2, -0.15) is 4.31 Å². The fourth-order valence-electron chi connectivity index (χ4n) is 3.09. The Bertz CT molecular complexity index is 906. The lowest BCUT2D eigenvalue weighted by molar-refractivity contribution is -0.120. The van der Waals surface area contributed by atoms with Gasteiger partial charge in [0.25, 0.3) is 0 Å². The van der Waals surface area contributed by atoms with Crippen LogP contribution < -0.4 is 5.32 Å². The predicted molar refractivity (Wildman–Crippen MR) is 107 cm³/mol. The highest BCUT2D eigenvalue weighted by Crippen LogP contribution is 2.22. The van der Waals surface area contributed by atoms with E-state index >= 15 is 0 Å². The first kappa shape index (κ1) is 19.3. The van der Waals surface area contributed by atoms with Crippen molar-refractivity contribution in [2.24, 2.45) is 5.92 Å². The molecule has 2 aromatic carbocycles. The van der Waals surface area contributed by atoms with Crippen molar-refractivity contribution in [3.8, 4) is 0 Å². The number of hydrogen-bond donors (Lipinski definition) is 1. The summed E-state index contributed by atoms with van der Waals surface area (Å²) in [6, 6.07) is 15.8. The van der Waals surface area contributed by atoms with Gasteiger partial charge in [-0.1, -0.05) is 42.5 Å². The average molecular weight is 385 g/mol. The van der Waals surface area contributed by atoms with Gasteiger partial charge >= 0.3 is 0 Å². The third kappa shape index (κ3) is 4.84. The normalized spacial score (nSPS) is 17.0. The standard InChI is InChI=1S/C21H24N2O3S/c1-23(16-17-8-4-2-5-9-17)27(25,26)20-14-12-19(13-15-20)22-21(24)18-10-6-3-7-11-18/h2-6,8-9,12-15,18H,7,10-11,16H2,1H3,(H,22,24)/t18-/m1/s1. The van der Waals surface area contributed by atoms with E-state index in [1.807, 2.05) is 36.4 Å². The molecule has 1 amide bonds. The number of carbonyl (C=O) groups is 1. The van der Waals surface area contributed by atoms with Crippen molar-refractivity contribution in [1.29, 1.82) is 0 Å². The summed E-state index contributed by atoms with van der Waals surface area (Å²) < 4.78 is 26.8. The summed E-state index contributed by atoms with van der Waals surface area (Å²) in [4.78, 5) is 12.5. The van der Waals surface area contributed by atoms with E-state index in [9.17, 15) is 13.2 Å². The van der Waals surface area contributed by atoms with Crippen LogP contribution >= 0.6 is 0 Å². The number of allylic oxidation sites excluding steroid dienone is 2. The van der Waals surface area contributed by atoms with Gasteiger partial charge in [-0.25, -0.2) is 8.42 Å². The molecule has 27 heavy (non-hydrogen) atoms. The molecule has 1 aliphatic carbocycles. The fourth-order valence-corrected chi connectivity index (χ4v) is 4.25. The van der Waals surface area contributed by atoms with E-state index in [1.165, 1.54) is 16.4 Å². The zero-order valence-corrected chi connectivity index (χ0v) is 16.2. The van der Waals surface area contributed by atoms with Crippen molar-refractivity contribution < 1.29 is 13.2 Å². The van der Waals surface area contributed by atoms with E-state index in [2.05, 4.69) is 11.4 Å². The molecular formula is C21H24N2O3S. The van der Waals surface area contributed by atoms with Crippen LogP contribution in [0.5, 0.6) is 0 Å².